The second-order valence-corrected chi connectivity index (χ2v) is 2.71. The molecule has 0 aromatic heterocycles. The lowest BCUT2D eigenvalue weighted by Gasteiger charge is -2.14. The minimum Gasteiger partial charge on any atom is -0.303 e. The molecule has 0 unspecified atom stereocenters. The van der Waals surface area contributed by atoms with E-state index in [1.54, 1.807) is 13.8 Å². The maximum absolute atomic E-state index is 9.92. The van der Waals surface area contributed by atoms with Gasteiger partial charge >= 0.3 is 0 Å². The van der Waals surface area contributed by atoms with Crippen LogP contribution >= 0.6 is 0 Å². The molecule has 0 bridgehead atoms. The summed E-state index contributed by atoms with van der Waals surface area (Å²) < 4.78 is 0. The van der Waals surface area contributed by atoms with E-state index in [9.17, 15) is 4.79 Å². The molecular weight excluding hydrogens is 130 g/mol. The van der Waals surface area contributed by atoms with Gasteiger partial charge in [0, 0.05) is 16.9 Å². The van der Waals surface area contributed by atoms with Gasteiger partial charge in [-0.1, -0.05) is 19.0 Å². The molecule has 0 fully saturated rings. The molecule has 0 saturated carbocycles. The lowest BCUT2D eigenvalue weighted by molar-refractivity contribution is -0.108. The first-order valence-electron chi connectivity index (χ1n) is 3.12. The van der Waals surface area contributed by atoms with Crippen LogP contribution in [0.5, 0.6) is 0 Å². The summed E-state index contributed by atoms with van der Waals surface area (Å²) in [6.45, 7) is 3.60. The third-order valence-electron chi connectivity index (χ3n) is 1.19. The van der Waals surface area contributed by atoms with Gasteiger partial charge in [-0.15, -0.1) is 0 Å². The van der Waals surface area contributed by atoms with Gasteiger partial charge in [-0.05, 0) is 12.0 Å². The van der Waals surface area contributed by atoms with Crippen molar-refractivity contribution in [3.8, 4) is 0 Å². The highest BCUT2D eigenvalue weighted by Crippen LogP contribution is 2.15. The Labute approximate surface area is 59.9 Å². The summed E-state index contributed by atoms with van der Waals surface area (Å²) in [7, 11) is 0. The standard InChI is InChI=1S/C6H11N3O/c1-6(2,8-9-7)4-3-5-10/h5H,3-4H2,1-2H3. The second-order valence-electron chi connectivity index (χ2n) is 2.71. The molecule has 0 aromatic rings. The Hall–Kier alpha value is -1.02. The third-order valence-corrected chi connectivity index (χ3v) is 1.19. The molecule has 4 heteroatoms. The van der Waals surface area contributed by atoms with Crippen LogP contribution in [0.1, 0.15) is 26.7 Å². The fraction of sp³-hybridized carbons (Fsp3) is 0.833. The number of hydrogen-bond donors (Lipinski definition) is 0. The SMILES string of the molecule is CC(C)(CCC=O)N=[N+]=[N-]. The largest absolute Gasteiger partial charge is 0.303 e. The maximum Gasteiger partial charge on any atom is 0.120 e. The van der Waals surface area contributed by atoms with Gasteiger partial charge in [-0.2, -0.15) is 0 Å². The van der Waals surface area contributed by atoms with Crippen molar-refractivity contribution in [3.63, 3.8) is 0 Å². The molecule has 0 aliphatic rings. The molecule has 56 valence electrons. The maximum atomic E-state index is 9.92. The highest BCUT2D eigenvalue weighted by Gasteiger charge is 2.13. The van der Waals surface area contributed by atoms with E-state index in [-0.39, 0.29) is 0 Å². The molecule has 4 nitrogen and oxygen atoms in total. The van der Waals surface area contributed by atoms with Crippen molar-refractivity contribution in [3.05, 3.63) is 10.4 Å². The summed E-state index contributed by atoms with van der Waals surface area (Å²) in [6, 6.07) is 0. The van der Waals surface area contributed by atoms with E-state index >= 15 is 0 Å². The highest BCUT2D eigenvalue weighted by atomic mass is 16.1. The van der Waals surface area contributed by atoms with Crippen LogP contribution in [-0.4, -0.2) is 11.8 Å². The van der Waals surface area contributed by atoms with E-state index in [4.69, 9.17) is 5.53 Å². The zero-order valence-corrected chi connectivity index (χ0v) is 6.24. The van der Waals surface area contributed by atoms with Gasteiger partial charge < -0.3 is 4.79 Å². The van der Waals surface area contributed by atoms with Crippen LogP contribution in [0.2, 0.25) is 0 Å². The predicted molar refractivity (Wildman–Crippen MR) is 38.5 cm³/mol. The fourth-order valence-corrected chi connectivity index (χ4v) is 0.583. The summed E-state index contributed by atoms with van der Waals surface area (Å²) in [5, 5.41) is 3.52. The molecule has 0 aromatic carbocycles. The normalized spacial score (nSPS) is 10.2. The van der Waals surface area contributed by atoms with Crippen molar-refractivity contribution in [2.24, 2.45) is 5.11 Å². The van der Waals surface area contributed by atoms with E-state index in [2.05, 4.69) is 10.0 Å². The smallest absolute Gasteiger partial charge is 0.120 e. The molecule has 0 aliphatic heterocycles. The lowest BCUT2D eigenvalue weighted by atomic mass is 10.0. The Bertz CT molecular complexity index is 158. The Morgan fingerprint density at radius 2 is 2.30 bits per heavy atom. The Kier molecular flexibility index (Phi) is 3.51. The van der Waals surface area contributed by atoms with Crippen LogP contribution in [0.25, 0.3) is 10.4 Å². The van der Waals surface area contributed by atoms with Gasteiger partial charge in [0.25, 0.3) is 0 Å². The van der Waals surface area contributed by atoms with Crippen LogP contribution in [0, 0.1) is 0 Å². The van der Waals surface area contributed by atoms with Crippen LogP contribution < -0.4 is 0 Å². The number of nitrogens with zero attached hydrogens (tertiary/aromatic N) is 3. The number of aldehydes is 1. The molecule has 10 heavy (non-hydrogen) atoms. The Balaban J connectivity index is 3.85. The summed E-state index contributed by atoms with van der Waals surface area (Å²) in [6.07, 6.45) is 1.89. The van der Waals surface area contributed by atoms with Gasteiger partial charge in [0.1, 0.15) is 6.29 Å². The zero-order chi connectivity index (χ0) is 8.04. The average Bonchev–Trinajstić information content (AvgIpc) is 1.84. The van der Waals surface area contributed by atoms with Gasteiger partial charge in [-0.3, -0.25) is 0 Å². The molecule has 0 atom stereocenters. The number of carbonyl (C=O) groups excluding carboxylic acids is 1. The molecule has 0 radical (unpaired) electrons. The summed E-state index contributed by atoms with van der Waals surface area (Å²) in [4.78, 5) is 12.6. The van der Waals surface area contributed by atoms with Gasteiger partial charge in [-0.25, -0.2) is 0 Å². The van der Waals surface area contributed by atoms with Crippen molar-refractivity contribution in [2.45, 2.75) is 32.2 Å². The topological polar surface area (TPSA) is 65.8 Å². The Morgan fingerprint density at radius 3 is 2.70 bits per heavy atom. The molecule has 0 amide bonds. The van der Waals surface area contributed by atoms with Crippen LogP contribution in [0.3, 0.4) is 0 Å². The second kappa shape index (κ2) is 3.90. The fourth-order valence-electron chi connectivity index (χ4n) is 0.583. The molecule has 0 heterocycles. The number of carbonyl (C=O) groups is 1. The Morgan fingerprint density at radius 1 is 1.70 bits per heavy atom. The molecule has 0 aliphatic carbocycles. The number of rotatable bonds is 4. The van der Waals surface area contributed by atoms with Crippen molar-refractivity contribution < 1.29 is 4.79 Å². The monoisotopic (exact) mass is 141 g/mol. The summed E-state index contributed by atoms with van der Waals surface area (Å²) in [5.74, 6) is 0. The summed E-state index contributed by atoms with van der Waals surface area (Å²) >= 11 is 0. The first-order valence-corrected chi connectivity index (χ1v) is 3.12. The van der Waals surface area contributed by atoms with Gasteiger partial charge in [0.05, 0.1) is 0 Å². The number of azide groups is 1. The first-order chi connectivity index (χ1) is 4.62. The lowest BCUT2D eigenvalue weighted by Crippen LogP contribution is -2.14. The third kappa shape index (κ3) is 3.92. The van der Waals surface area contributed by atoms with E-state index in [0.29, 0.717) is 12.8 Å². The molecule has 0 N–H and O–H groups in total. The van der Waals surface area contributed by atoms with Crippen LogP contribution in [0.4, 0.5) is 0 Å². The van der Waals surface area contributed by atoms with E-state index in [0.717, 1.165) is 6.29 Å². The molecule has 0 saturated heterocycles. The van der Waals surface area contributed by atoms with Crippen molar-refractivity contribution in [1.29, 1.82) is 0 Å². The zero-order valence-electron chi connectivity index (χ0n) is 6.24. The van der Waals surface area contributed by atoms with Crippen LogP contribution in [-0.2, 0) is 4.79 Å². The minimum atomic E-state index is -0.421. The predicted octanol–water partition coefficient (Wildman–Crippen LogP) is 2.05. The minimum absolute atomic E-state index is 0.421. The molecule has 0 spiro atoms. The summed E-state index contributed by atoms with van der Waals surface area (Å²) in [5.41, 5.74) is 7.65. The van der Waals surface area contributed by atoms with Crippen molar-refractivity contribution in [1.82, 2.24) is 0 Å². The van der Waals surface area contributed by atoms with E-state index < -0.39 is 5.54 Å². The van der Waals surface area contributed by atoms with Crippen molar-refractivity contribution in [2.75, 3.05) is 0 Å². The highest BCUT2D eigenvalue weighted by molar-refractivity contribution is 5.49. The van der Waals surface area contributed by atoms with E-state index in [1.807, 2.05) is 0 Å². The number of hydrogen-bond acceptors (Lipinski definition) is 2. The van der Waals surface area contributed by atoms with Gasteiger partial charge in [0.2, 0.25) is 0 Å². The van der Waals surface area contributed by atoms with Gasteiger partial charge in [0.15, 0.2) is 0 Å². The molecule has 0 rings (SSSR count). The van der Waals surface area contributed by atoms with Crippen LogP contribution in [0.15, 0.2) is 5.11 Å². The first kappa shape index (κ1) is 8.98. The molecular formula is C6H11N3O. The van der Waals surface area contributed by atoms with Crippen molar-refractivity contribution >= 4 is 6.29 Å². The quantitative estimate of drug-likeness (QED) is 0.256. The average molecular weight is 141 g/mol. The van der Waals surface area contributed by atoms with E-state index in [1.165, 1.54) is 0 Å².